The predicted octanol–water partition coefficient (Wildman–Crippen LogP) is 1.74. The first kappa shape index (κ1) is 18.6. The number of carbonyl (C=O) groups is 1. The molecular formula is C16H25N5O2S. The minimum Gasteiger partial charge on any atom is -0.383 e. The van der Waals surface area contributed by atoms with Crippen LogP contribution in [0.2, 0.25) is 0 Å². The molecule has 8 heteroatoms. The molecule has 0 radical (unpaired) electrons. The highest BCUT2D eigenvalue weighted by Crippen LogP contribution is 2.33. The molecule has 132 valence electrons. The van der Waals surface area contributed by atoms with Crippen molar-refractivity contribution in [2.75, 3.05) is 46.2 Å². The van der Waals surface area contributed by atoms with Gasteiger partial charge in [-0.15, -0.1) is 11.3 Å². The number of fused-ring (bicyclic) bond motifs is 1. The van der Waals surface area contributed by atoms with Gasteiger partial charge in [-0.05, 0) is 33.5 Å². The second-order valence-electron chi connectivity index (χ2n) is 6.02. The topological polar surface area (TPSA) is 79.4 Å². The molecule has 24 heavy (non-hydrogen) atoms. The minimum atomic E-state index is -0.0979. The van der Waals surface area contributed by atoms with Crippen molar-refractivity contribution in [3.05, 3.63) is 16.8 Å². The van der Waals surface area contributed by atoms with E-state index in [1.54, 1.807) is 7.11 Å². The van der Waals surface area contributed by atoms with Crippen molar-refractivity contribution in [2.24, 2.45) is 0 Å². The Kier molecular flexibility index (Phi) is 6.47. The lowest BCUT2D eigenvalue weighted by Gasteiger charge is -2.12. The molecule has 0 saturated carbocycles. The molecule has 2 heterocycles. The standard InChI is InChI=1S/C16H25N5O2S/c1-10(8-23-5)20-15(22)13-11(2)12-14(17-6-7-21(3)4)18-9-19-16(12)24-13/h9-10H,6-8H2,1-5H3,(H,20,22)(H,17,18,19). The summed E-state index contributed by atoms with van der Waals surface area (Å²) in [5.41, 5.74) is 0.907. The zero-order valence-electron chi connectivity index (χ0n) is 14.8. The highest BCUT2D eigenvalue weighted by Gasteiger charge is 2.20. The number of rotatable bonds is 8. The van der Waals surface area contributed by atoms with Crippen molar-refractivity contribution in [2.45, 2.75) is 19.9 Å². The van der Waals surface area contributed by atoms with E-state index >= 15 is 0 Å². The van der Waals surface area contributed by atoms with Crippen LogP contribution in [0.3, 0.4) is 0 Å². The van der Waals surface area contributed by atoms with Crippen LogP contribution in [0.4, 0.5) is 5.82 Å². The van der Waals surface area contributed by atoms with Crippen molar-refractivity contribution >= 4 is 33.3 Å². The highest BCUT2D eigenvalue weighted by atomic mass is 32.1. The Bertz CT molecular complexity index is 701. The van der Waals surface area contributed by atoms with Crippen LogP contribution in [-0.2, 0) is 4.74 Å². The Labute approximate surface area is 146 Å². The van der Waals surface area contributed by atoms with E-state index in [2.05, 4.69) is 25.5 Å². The van der Waals surface area contributed by atoms with Gasteiger partial charge in [0.1, 0.15) is 17.0 Å². The maximum absolute atomic E-state index is 12.5. The van der Waals surface area contributed by atoms with Gasteiger partial charge in [-0.3, -0.25) is 4.79 Å². The number of anilines is 1. The van der Waals surface area contributed by atoms with Gasteiger partial charge in [-0.2, -0.15) is 0 Å². The van der Waals surface area contributed by atoms with Crippen LogP contribution in [0.1, 0.15) is 22.2 Å². The van der Waals surface area contributed by atoms with Crippen LogP contribution in [0.15, 0.2) is 6.33 Å². The molecule has 7 nitrogen and oxygen atoms in total. The van der Waals surface area contributed by atoms with E-state index < -0.39 is 0 Å². The Morgan fingerprint density at radius 1 is 1.42 bits per heavy atom. The van der Waals surface area contributed by atoms with Gasteiger partial charge in [0.2, 0.25) is 0 Å². The molecule has 0 aromatic carbocycles. The number of hydrogen-bond donors (Lipinski definition) is 2. The molecule has 0 aliphatic heterocycles. The summed E-state index contributed by atoms with van der Waals surface area (Å²) in [4.78, 5) is 24.8. The fraction of sp³-hybridized carbons (Fsp3) is 0.562. The van der Waals surface area contributed by atoms with Crippen LogP contribution in [0, 0.1) is 6.92 Å². The number of nitrogens with zero attached hydrogens (tertiary/aromatic N) is 3. The summed E-state index contributed by atoms with van der Waals surface area (Å²) >= 11 is 1.39. The van der Waals surface area contributed by atoms with E-state index in [4.69, 9.17) is 4.74 Å². The molecular weight excluding hydrogens is 326 g/mol. The van der Waals surface area contributed by atoms with E-state index in [0.29, 0.717) is 11.5 Å². The third-order valence-corrected chi connectivity index (χ3v) is 4.78. The number of ether oxygens (including phenoxy) is 1. The molecule has 0 spiro atoms. The van der Waals surface area contributed by atoms with Gasteiger partial charge in [0, 0.05) is 26.2 Å². The summed E-state index contributed by atoms with van der Waals surface area (Å²) < 4.78 is 5.06. The third kappa shape index (κ3) is 4.40. The Morgan fingerprint density at radius 3 is 2.83 bits per heavy atom. The van der Waals surface area contributed by atoms with Gasteiger partial charge < -0.3 is 20.3 Å². The molecule has 0 saturated heterocycles. The zero-order valence-corrected chi connectivity index (χ0v) is 15.7. The lowest BCUT2D eigenvalue weighted by Crippen LogP contribution is -2.35. The van der Waals surface area contributed by atoms with Crippen LogP contribution < -0.4 is 10.6 Å². The quantitative estimate of drug-likeness (QED) is 0.754. The number of nitrogens with one attached hydrogen (secondary N) is 2. The average molecular weight is 351 g/mol. The number of aromatic nitrogens is 2. The smallest absolute Gasteiger partial charge is 0.262 e. The van der Waals surface area contributed by atoms with Gasteiger partial charge in [0.05, 0.1) is 16.9 Å². The van der Waals surface area contributed by atoms with Crippen molar-refractivity contribution in [3.63, 3.8) is 0 Å². The van der Waals surface area contributed by atoms with Crippen LogP contribution in [0.5, 0.6) is 0 Å². The molecule has 0 aliphatic rings. The largest absolute Gasteiger partial charge is 0.383 e. The average Bonchev–Trinajstić information content (AvgIpc) is 2.85. The maximum Gasteiger partial charge on any atom is 0.262 e. The predicted molar refractivity (Wildman–Crippen MR) is 98.0 cm³/mol. The summed E-state index contributed by atoms with van der Waals surface area (Å²) in [6, 6.07) is -0.0455. The summed E-state index contributed by atoms with van der Waals surface area (Å²) in [5, 5.41) is 7.21. The maximum atomic E-state index is 12.5. The number of carbonyl (C=O) groups excluding carboxylic acids is 1. The third-order valence-electron chi connectivity index (χ3n) is 3.58. The molecule has 1 amide bonds. The SMILES string of the molecule is COCC(C)NC(=O)c1sc2ncnc(NCCN(C)C)c2c1C. The fourth-order valence-electron chi connectivity index (χ4n) is 2.40. The van der Waals surface area contributed by atoms with E-state index in [0.717, 1.165) is 34.7 Å². The van der Waals surface area contributed by atoms with Crippen LogP contribution >= 0.6 is 11.3 Å². The Balaban J connectivity index is 2.24. The first-order valence-electron chi connectivity index (χ1n) is 7.86. The highest BCUT2D eigenvalue weighted by molar-refractivity contribution is 7.20. The summed E-state index contributed by atoms with van der Waals surface area (Å²) in [6.07, 6.45) is 1.53. The fourth-order valence-corrected chi connectivity index (χ4v) is 3.45. The number of likely N-dealkylation sites (N-methyl/N-ethyl adjacent to an activating group) is 1. The second kappa shape index (κ2) is 8.36. The van der Waals surface area contributed by atoms with Crippen LogP contribution in [0.25, 0.3) is 10.2 Å². The van der Waals surface area contributed by atoms with E-state index in [1.165, 1.54) is 17.7 Å². The molecule has 0 fully saturated rings. The lowest BCUT2D eigenvalue weighted by molar-refractivity contribution is 0.0909. The van der Waals surface area contributed by atoms with E-state index in [9.17, 15) is 4.79 Å². The molecule has 0 bridgehead atoms. The Hall–Kier alpha value is -1.77. The van der Waals surface area contributed by atoms with Gasteiger partial charge in [-0.1, -0.05) is 0 Å². The van der Waals surface area contributed by atoms with Gasteiger partial charge >= 0.3 is 0 Å². The van der Waals surface area contributed by atoms with Crippen molar-refractivity contribution in [1.82, 2.24) is 20.2 Å². The molecule has 2 rings (SSSR count). The number of amides is 1. The molecule has 2 aromatic rings. The lowest BCUT2D eigenvalue weighted by atomic mass is 10.2. The normalized spacial score (nSPS) is 12.6. The molecule has 1 unspecified atom stereocenters. The van der Waals surface area contributed by atoms with Crippen molar-refractivity contribution < 1.29 is 9.53 Å². The van der Waals surface area contributed by atoms with Gasteiger partial charge in [-0.25, -0.2) is 9.97 Å². The summed E-state index contributed by atoms with van der Waals surface area (Å²) in [5.74, 6) is 0.680. The number of thiophene rings is 1. The zero-order chi connectivity index (χ0) is 17.7. The van der Waals surface area contributed by atoms with Gasteiger partial charge in [0.15, 0.2) is 0 Å². The van der Waals surface area contributed by atoms with Gasteiger partial charge in [0.25, 0.3) is 5.91 Å². The van der Waals surface area contributed by atoms with E-state index in [-0.39, 0.29) is 11.9 Å². The monoisotopic (exact) mass is 351 g/mol. The number of methoxy groups -OCH3 is 1. The molecule has 1 atom stereocenters. The number of aryl methyl sites for hydroxylation is 1. The number of hydrogen-bond acceptors (Lipinski definition) is 7. The first-order valence-corrected chi connectivity index (χ1v) is 8.68. The molecule has 2 N–H and O–H groups in total. The molecule has 0 aliphatic carbocycles. The van der Waals surface area contributed by atoms with Crippen LogP contribution in [-0.4, -0.2) is 67.7 Å². The minimum absolute atomic E-state index is 0.0455. The Morgan fingerprint density at radius 2 is 2.17 bits per heavy atom. The van der Waals surface area contributed by atoms with E-state index in [1.807, 2.05) is 27.9 Å². The molecule has 2 aromatic heterocycles. The second-order valence-corrected chi connectivity index (χ2v) is 7.02. The first-order chi connectivity index (χ1) is 11.4. The van der Waals surface area contributed by atoms with Crippen molar-refractivity contribution in [1.29, 1.82) is 0 Å². The summed E-state index contributed by atoms with van der Waals surface area (Å²) in [7, 11) is 5.67. The summed E-state index contributed by atoms with van der Waals surface area (Å²) in [6.45, 7) is 6.01. The van der Waals surface area contributed by atoms with Crippen molar-refractivity contribution in [3.8, 4) is 0 Å².